The zero-order valence-corrected chi connectivity index (χ0v) is 17.8. The van der Waals surface area contributed by atoms with Crippen molar-refractivity contribution in [3.63, 3.8) is 0 Å². The summed E-state index contributed by atoms with van der Waals surface area (Å²) in [5.74, 6) is 1.73. The van der Waals surface area contributed by atoms with Gasteiger partial charge in [-0.25, -0.2) is 0 Å². The predicted molar refractivity (Wildman–Crippen MR) is 112 cm³/mol. The van der Waals surface area contributed by atoms with Gasteiger partial charge in [0.15, 0.2) is 5.75 Å². The molecule has 0 aliphatic heterocycles. The molecule has 6 heteroatoms. The van der Waals surface area contributed by atoms with Gasteiger partial charge in [-0.15, -0.1) is 11.6 Å². The van der Waals surface area contributed by atoms with Gasteiger partial charge in [0.25, 0.3) is 0 Å². The summed E-state index contributed by atoms with van der Waals surface area (Å²) in [5, 5.41) is 0.956. The third-order valence-electron chi connectivity index (χ3n) is 4.37. The van der Waals surface area contributed by atoms with Gasteiger partial charge in [-0.2, -0.15) is 0 Å². The first kappa shape index (κ1) is 22.1. The Hall–Kier alpha value is -1.16. The molecule has 0 aliphatic rings. The first-order chi connectivity index (χ1) is 12.9. The van der Waals surface area contributed by atoms with E-state index in [0.29, 0.717) is 41.3 Å². The van der Waals surface area contributed by atoms with E-state index in [9.17, 15) is 4.39 Å². The van der Waals surface area contributed by atoms with Crippen LogP contribution in [0, 0.1) is 0 Å². The Labute approximate surface area is 175 Å². The lowest BCUT2D eigenvalue weighted by Gasteiger charge is -2.27. The van der Waals surface area contributed by atoms with E-state index in [1.807, 2.05) is 36.4 Å². The SMILES string of the molecule is CC(C)(c1ccc(OCCCF)cc1)c1cc(Cl)c(OCCCCl)c(Cl)c1. The van der Waals surface area contributed by atoms with Crippen LogP contribution in [0.5, 0.6) is 11.5 Å². The van der Waals surface area contributed by atoms with Gasteiger partial charge in [0.05, 0.1) is 29.9 Å². The van der Waals surface area contributed by atoms with E-state index >= 15 is 0 Å². The zero-order chi connectivity index (χ0) is 19.9. The van der Waals surface area contributed by atoms with Crippen molar-refractivity contribution < 1.29 is 13.9 Å². The molecule has 0 aliphatic carbocycles. The molecule has 0 unspecified atom stereocenters. The van der Waals surface area contributed by atoms with Gasteiger partial charge in [0.1, 0.15) is 5.75 Å². The maximum atomic E-state index is 12.2. The Morgan fingerprint density at radius 3 is 2.04 bits per heavy atom. The lowest BCUT2D eigenvalue weighted by molar-refractivity contribution is 0.289. The van der Waals surface area contributed by atoms with E-state index in [1.54, 1.807) is 0 Å². The average molecular weight is 434 g/mol. The van der Waals surface area contributed by atoms with Crippen molar-refractivity contribution >= 4 is 34.8 Å². The molecule has 0 atom stereocenters. The number of rotatable bonds is 10. The van der Waals surface area contributed by atoms with Gasteiger partial charge in [-0.3, -0.25) is 4.39 Å². The molecule has 0 spiro atoms. The highest BCUT2D eigenvalue weighted by molar-refractivity contribution is 6.37. The van der Waals surface area contributed by atoms with Crippen LogP contribution in [0.1, 0.15) is 37.8 Å². The first-order valence-electron chi connectivity index (χ1n) is 8.87. The quantitative estimate of drug-likeness (QED) is 0.295. The van der Waals surface area contributed by atoms with Gasteiger partial charge < -0.3 is 9.47 Å². The zero-order valence-electron chi connectivity index (χ0n) is 15.5. The molecule has 0 bridgehead atoms. The van der Waals surface area contributed by atoms with E-state index in [1.165, 1.54) is 0 Å². The van der Waals surface area contributed by atoms with Crippen LogP contribution in [0.4, 0.5) is 4.39 Å². The molecule has 2 aromatic carbocycles. The second-order valence-electron chi connectivity index (χ2n) is 6.70. The third kappa shape index (κ3) is 5.91. The summed E-state index contributed by atoms with van der Waals surface area (Å²) < 4.78 is 23.3. The largest absolute Gasteiger partial charge is 0.494 e. The number of alkyl halides is 2. The monoisotopic (exact) mass is 432 g/mol. The van der Waals surface area contributed by atoms with Crippen molar-refractivity contribution in [3.05, 3.63) is 57.6 Å². The molecule has 0 radical (unpaired) electrons. The second kappa shape index (κ2) is 10.4. The molecule has 0 N–H and O–H groups in total. The van der Waals surface area contributed by atoms with E-state index < -0.39 is 0 Å². The smallest absolute Gasteiger partial charge is 0.156 e. The van der Waals surface area contributed by atoms with Gasteiger partial charge >= 0.3 is 0 Å². The highest BCUT2D eigenvalue weighted by Crippen LogP contribution is 2.40. The summed E-state index contributed by atoms with van der Waals surface area (Å²) in [7, 11) is 0. The molecule has 0 amide bonds. The van der Waals surface area contributed by atoms with Crippen LogP contribution >= 0.6 is 34.8 Å². The van der Waals surface area contributed by atoms with Crippen LogP contribution in [0.25, 0.3) is 0 Å². The van der Waals surface area contributed by atoms with Crippen LogP contribution in [0.2, 0.25) is 10.0 Å². The Morgan fingerprint density at radius 1 is 0.889 bits per heavy atom. The van der Waals surface area contributed by atoms with E-state index in [0.717, 1.165) is 23.3 Å². The van der Waals surface area contributed by atoms with E-state index in [4.69, 9.17) is 44.3 Å². The highest BCUT2D eigenvalue weighted by Gasteiger charge is 2.25. The molecule has 0 heterocycles. The molecule has 0 fully saturated rings. The third-order valence-corrected chi connectivity index (χ3v) is 5.20. The number of halogens is 4. The molecule has 148 valence electrons. The Balaban J connectivity index is 2.20. The summed E-state index contributed by atoms with van der Waals surface area (Å²) in [4.78, 5) is 0. The maximum absolute atomic E-state index is 12.2. The summed E-state index contributed by atoms with van der Waals surface area (Å²) in [6.07, 6.45) is 1.12. The highest BCUT2D eigenvalue weighted by atomic mass is 35.5. The van der Waals surface area contributed by atoms with Gasteiger partial charge in [0.2, 0.25) is 0 Å². The van der Waals surface area contributed by atoms with Gasteiger partial charge in [0, 0.05) is 17.7 Å². The van der Waals surface area contributed by atoms with Crippen LogP contribution in [0.15, 0.2) is 36.4 Å². The van der Waals surface area contributed by atoms with Crippen LogP contribution in [-0.4, -0.2) is 25.8 Å². The number of hydrogen-bond acceptors (Lipinski definition) is 2. The second-order valence-corrected chi connectivity index (χ2v) is 7.89. The molecular formula is C21H24Cl3FO2. The van der Waals surface area contributed by atoms with Crippen molar-refractivity contribution in [2.24, 2.45) is 0 Å². The number of benzene rings is 2. The molecular weight excluding hydrogens is 410 g/mol. The number of ether oxygens (including phenoxy) is 2. The average Bonchev–Trinajstić information content (AvgIpc) is 2.64. The number of hydrogen-bond donors (Lipinski definition) is 0. The van der Waals surface area contributed by atoms with Crippen molar-refractivity contribution in [1.82, 2.24) is 0 Å². The van der Waals surface area contributed by atoms with Crippen LogP contribution in [0.3, 0.4) is 0 Å². The Morgan fingerprint density at radius 2 is 1.48 bits per heavy atom. The minimum Gasteiger partial charge on any atom is -0.494 e. The fourth-order valence-corrected chi connectivity index (χ4v) is 3.37. The molecule has 0 saturated heterocycles. The minimum absolute atomic E-state index is 0.320. The predicted octanol–water partition coefficient (Wildman–Crippen LogP) is 7.07. The normalized spacial score (nSPS) is 11.5. The van der Waals surface area contributed by atoms with Gasteiger partial charge in [-0.05, 0) is 41.8 Å². The van der Waals surface area contributed by atoms with Crippen molar-refractivity contribution in [1.29, 1.82) is 0 Å². The molecule has 0 saturated carbocycles. The molecule has 27 heavy (non-hydrogen) atoms. The van der Waals surface area contributed by atoms with Crippen molar-refractivity contribution in [3.8, 4) is 11.5 Å². The molecule has 2 rings (SSSR count). The fourth-order valence-electron chi connectivity index (χ4n) is 2.67. The molecule has 0 aromatic heterocycles. The van der Waals surface area contributed by atoms with Crippen LogP contribution in [-0.2, 0) is 5.41 Å². The van der Waals surface area contributed by atoms with Crippen molar-refractivity contribution in [2.75, 3.05) is 25.8 Å². The first-order valence-corrected chi connectivity index (χ1v) is 10.2. The minimum atomic E-state index is -0.377. The summed E-state index contributed by atoms with van der Waals surface area (Å²) in [5.41, 5.74) is 1.75. The molecule has 2 aromatic rings. The molecule has 2 nitrogen and oxygen atoms in total. The Bertz CT molecular complexity index is 710. The fraction of sp³-hybridized carbons (Fsp3) is 0.429. The summed E-state index contributed by atoms with van der Waals surface area (Å²) in [6, 6.07) is 11.5. The van der Waals surface area contributed by atoms with Gasteiger partial charge in [-0.1, -0.05) is 49.2 Å². The van der Waals surface area contributed by atoms with Crippen molar-refractivity contribution in [2.45, 2.75) is 32.1 Å². The lowest BCUT2D eigenvalue weighted by Crippen LogP contribution is -2.19. The van der Waals surface area contributed by atoms with E-state index in [2.05, 4.69) is 13.8 Å². The standard InChI is InChI=1S/C21H24Cl3FO2/c1-21(2,15-5-7-17(8-6-15)26-12-4-10-25)16-13-18(23)20(19(24)14-16)27-11-3-9-22/h5-8,13-14H,3-4,9-12H2,1-2H3. The topological polar surface area (TPSA) is 18.5 Å². The van der Waals surface area contributed by atoms with E-state index in [-0.39, 0.29) is 12.1 Å². The Kier molecular flexibility index (Phi) is 8.53. The maximum Gasteiger partial charge on any atom is 0.156 e. The summed E-state index contributed by atoms with van der Waals surface area (Å²) in [6.45, 7) is 4.66. The lowest BCUT2D eigenvalue weighted by atomic mass is 9.78. The van der Waals surface area contributed by atoms with Crippen LogP contribution < -0.4 is 9.47 Å². The summed E-state index contributed by atoms with van der Waals surface area (Å²) >= 11 is 18.5.